The van der Waals surface area contributed by atoms with Crippen molar-refractivity contribution < 1.29 is 14.6 Å². The second-order valence-electron chi connectivity index (χ2n) is 4.81. The van der Waals surface area contributed by atoms with Crippen molar-refractivity contribution in [3.63, 3.8) is 0 Å². The van der Waals surface area contributed by atoms with Gasteiger partial charge in [0.15, 0.2) is 11.5 Å². The highest BCUT2D eigenvalue weighted by molar-refractivity contribution is 6.30. The molecule has 0 amide bonds. The van der Waals surface area contributed by atoms with Gasteiger partial charge in [0.25, 0.3) is 0 Å². The van der Waals surface area contributed by atoms with Gasteiger partial charge in [0, 0.05) is 23.2 Å². The van der Waals surface area contributed by atoms with E-state index in [0.29, 0.717) is 23.1 Å². The van der Waals surface area contributed by atoms with Crippen molar-refractivity contribution in [1.82, 2.24) is 0 Å². The van der Waals surface area contributed by atoms with Crippen molar-refractivity contribution in [2.75, 3.05) is 7.11 Å². The molecule has 0 aromatic heterocycles. The lowest BCUT2D eigenvalue weighted by Crippen LogP contribution is -2.35. The van der Waals surface area contributed by atoms with Crippen LogP contribution in [0.25, 0.3) is 0 Å². The average Bonchev–Trinajstić information content (AvgIpc) is 2.42. The van der Waals surface area contributed by atoms with Crippen LogP contribution in [-0.2, 0) is 6.54 Å². The highest BCUT2D eigenvalue weighted by Crippen LogP contribution is 2.37. The number of methoxy groups -OCH3 is 1. The van der Waals surface area contributed by atoms with E-state index < -0.39 is 6.10 Å². The normalized spacial score (nSPS) is 23.2. The third kappa shape index (κ3) is 3.32. The molecule has 1 aliphatic carbocycles. The summed E-state index contributed by atoms with van der Waals surface area (Å²) in [4.78, 5) is 0. The van der Waals surface area contributed by atoms with Crippen molar-refractivity contribution in [2.24, 2.45) is 5.73 Å². The minimum Gasteiger partial charge on any atom is -0.493 e. The SMILES string of the molecule is COc1cc(Cl)cc(CN)c1OC1CCCCC1O. The molecule has 19 heavy (non-hydrogen) atoms. The Morgan fingerprint density at radius 1 is 1.37 bits per heavy atom. The maximum atomic E-state index is 9.99. The highest BCUT2D eigenvalue weighted by atomic mass is 35.5. The van der Waals surface area contributed by atoms with Gasteiger partial charge in [0.1, 0.15) is 6.10 Å². The molecule has 0 spiro atoms. The largest absolute Gasteiger partial charge is 0.493 e. The van der Waals surface area contributed by atoms with Crippen molar-refractivity contribution in [3.05, 3.63) is 22.7 Å². The Morgan fingerprint density at radius 2 is 2.11 bits per heavy atom. The summed E-state index contributed by atoms with van der Waals surface area (Å²) in [6.45, 7) is 0.315. The number of halogens is 1. The zero-order chi connectivity index (χ0) is 13.8. The van der Waals surface area contributed by atoms with Crippen LogP contribution in [-0.4, -0.2) is 24.4 Å². The zero-order valence-corrected chi connectivity index (χ0v) is 11.8. The van der Waals surface area contributed by atoms with Gasteiger partial charge >= 0.3 is 0 Å². The van der Waals surface area contributed by atoms with Gasteiger partial charge in [0.2, 0.25) is 0 Å². The summed E-state index contributed by atoms with van der Waals surface area (Å²) in [7, 11) is 1.57. The Bertz CT molecular complexity index is 414. The standard InChI is InChI=1S/C14H20ClNO3/c1-18-13-7-10(15)6-9(8-16)14(13)19-12-5-3-2-4-11(12)17/h6-7,11-12,17H,2-5,8,16H2,1H3. The molecule has 0 saturated heterocycles. The number of rotatable bonds is 4. The first-order valence-corrected chi connectivity index (χ1v) is 6.94. The van der Waals surface area contributed by atoms with Crippen LogP contribution in [0.4, 0.5) is 0 Å². The number of hydrogen-bond donors (Lipinski definition) is 2. The second kappa shape index (κ2) is 6.46. The van der Waals surface area contributed by atoms with E-state index in [1.807, 2.05) is 0 Å². The van der Waals surface area contributed by atoms with Crippen LogP contribution in [0.5, 0.6) is 11.5 Å². The van der Waals surface area contributed by atoms with E-state index in [4.69, 9.17) is 26.8 Å². The molecular formula is C14H20ClNO3. The van der Waals surface area contributed by atoms with E-state index in [2.05, 4.69) is 0 Å². The molecule has 1 aromatic rings. The molecule has 2 rings (SSSR count). The Kier molecular flexibility index (Phi) is 4.91. The topological polar surface area (TPSA) is 64.7 Å². The van der Waals surface area contributed by atoms with Crippen LogP contribution in [0.1, 0.15) is 31.2 Å². The lowest BCUT2D eigenvalue weighted by Gasteiger charge is -2.29. The van der Waals surface area contributed by atoms with Gasteiger partial charge in [-0.2, -0.15) is 0 Å². The average molecular weight is 286 g/mol. The molecular weight excluding hydrogens is 266 g/mol. The number of ether oxygens (including phenoxy) is 2. The fourth-order valence-corrected chi connectivity index (χ4v) is 2.66. The quantitative estimate of drug-likeness (QED) is 0.892. The van der Waals surface area contributed by atoms with E-state index in [1.54, 1.807) is 19.2 Å². The van der Waals surface area contributed by atoms with Crippen LogP contribution in [0.2, 0.25) is 5.02 Å². The summed E-state index contributed by atoms with van der Waals surface area (Å²) < 4.78 is 11.3. The Labute approximate surface area is 118 Å². The van der Waals surface area contributed by atoms with E-state index >= 15 is 0 Å². The second-order valence-corrected chi connectivity index (χ2v) is 5.24. The number of nitrogens with two attached hydrogens (primary N) is 1. The first-order valence-electron chi connectivity index (χ1n) is 6.57. The van der Waals surface area contributed by atoms with Crippen molar-refractivity contribution in [3.8, 4) is 11.5 Å². The lowest BCUT2D eigenvalue weighted by atomic mass is 9.94. The number of aliphatic hydroxyl groups is 1. The van der Waals surface area contributed by atoms with Gasteiger partial charge < -0.3 is 20.3 Å². The van der Waals surface area contributed by atoms with Gasteiger partial charge in [-0.15, -0.1) is 0 Å². The summed E-state index contributed by atoms with van der Waals surface area (Å²) in [5.74, 6) is 1.16. The maximum absolute atomic E-state index is 9.99. The molecule has 3 N–H and O–H groups in total. The molecule has 2 unspecified atom stereocenters. The van der Waals surface area contributed by atoms with Gasteiger partial charge in [-0.25, -0.2) is 0 Å². The Morgan fingerprint density at radius 3 is 2.74 bits per heavy atom. The van der Waals surface area contributed by atoms with Gasteiger partial charge in [0.05, 0.1) is 13.2 Å². The van der Waals surface area contributed by atoms with E-state index in [1.165, 1.54) is 0 Å². The smallest absolute Gasteiger partial charge is 0.166 e. The minimum absolute atomic E-state index is 0.200. The third-order valence-electron chi connectivity index (χ3n) is 3.47. The van der Waals surface area contributed by atoms with Gasteiger partial charge in [-0.1, -0.05) is 18.0 Å². The van der Waals surface area contributed by atoms with Crippen LogP contribution in [0.15, 0.2) is 12.1 Å². The van der Waals surface area contributed by atoms with Crippen LogP contribution in [0, 0.1) is 0 Å². The van der Waals surface area contributed by atoms with Crippen LogP contribution < -0.4 is 15.2 Å². The van der Waals surface area contributed by atoms with Crippen molar-refractivity contribution in [1.29, 1.82) is 0 Å². The fraction of sp³-hybridized carbons (Fsp3) is 0.571. The predicted octanol–water partition coefficient (Wildman–Crippen LogP) is 2.49. The molecule has 1 fully saturated rings. The van der Waals surface area contributed by atoms with Gasteiger partial charge in [-0.3, -0.25) is 0 Å². The lowest BCUT2D eigenvalue weighted by molar-refractivity contribution is 0.00520. The molecule has 5 heteroatoms. The van der Waals surface area contributed by atoms with Crippen LogP contribution >= 0.6 is 11.6 Å². The number of benzene rings is 1. The predicted molar refractivity (Wildman–Crippen MR) is 74.8 cm³/mol. The summed E-state index contributed by atoms with van der Waals surface area (Å²) in [6, 6.07) is 3.47. The summed E-state index contributed by atoms with van der Waals surface area (Å²) in [6.07, 6.45) is 3.10. The Balaban J connectivity index is 2.27. The fourth-order valence-electron chi connectivity index (χ4n) is 2.43. The zero-order valence-electron chi connectivity index (χ0n) is 11.1. The first-order chi connectivity index (χ1) is 9.15. The highest BCUT2D eigenvalue weighted by Gasteiger charge is 2.26. The molecule has 0 radical (unpaired) electrons. The van der Waals surface area contributed by atoms with Gasteiger partial charge in [-0.05, 0) is 25.3 Å². The maximum Gasteiger partial charge on any atom is 0.166 e. The molecule has 106 valence electrons. The van der Waals surface area contributed by atoms with Crippen molar-refractivity contribution >= 4 is 11.6 Å². The van der Waals surface area contributed by atoms with E-state index in [-0.39, 0.29) is 6.10 Å². The molecule has 0 aliphatic heterocycles. The monoisotopic (exact) mass is 285 g/mol. The molecule has 1 aromatic carbocycles. The van der Waals surface area contributed by atoms with E-state index in [0.717, 1.165) is 31.2 Å². The summed E-state index contributed by atoms with van der Waals surface area (Å²) in [5, 5.41) is 10.6. The summed E-state index contributed by atoms with van der Waals surface area (Å²) >= 11 is 6.01. The molecule has 1 saturated carbocycles. The molecule has 4 nitrogen and oxygen atoms in total. The summed E-state index contributed by atoms with van der Waals surface area (Å²) in [5.41, 5.74) is 6.52. The molecule has 1 aliphatic rings. The molecule has 0 heterocycles. The Hall–Kier alpha value is -0.970. The van der Waals surface area contributed by atoms with E-state index in [9.17, 15) is 5.11 Å². The number of aliphatic hydroxyl groups excluding tert-OH is 1. The molecule has 0 bridgehead atoms. The van der Waals surface area contributed by atoms with Crippen LogP contribution in [0.3, 0.4) is 0 Å². The third-order valence-corrected chi connectivity index (χ3v) is 3.69. The first kappa shape index (κ1) is 14.4. The number of hydrogen-bond acceptors (Lipinski definition) is 4. The molecule has 2 atom stereocenters. The minimum atomic E-state index is -0.431. The van der Waals surface area contributed by atoms with Crippen molar-refractivity contribution in [2.45, 2.75) is 44.4 Å².